The Morgan fingerprint density at radius 3 is 2.24 bits per heavy atom. The van der Waals surface area contributed by atoms with E-state index in [1.807, 2.05) is 24.0 Å². The second-order valence-corrected chi connectivity index (χ2v) is 12.5. The molecule has 0 unspecified atom stereocenters. The number of carbonyl (C=O) groups is 1. The first-order valence-corrected chi connectivity index (χ1v) is 15.5. The van der Waals surface area contributed by atoms with Gasteiger partial charge in [0.05, 0.1) is 19.8 Å². The average Bonchev–Trinajstić information content (AvgIpc) is 3.30. The van der Waals surface area contributed by atoms with E-state index in [4.69, 9.17) is 4.74 Å². The normalized spacial score (nSPS) is 18.6. The van der Waals surface area contributed by atoms with Gasteiger partial charge in [-0.25, -0.2) is 13.2 Å². The first-order valence-electron chi connectivity index (χ1n) is 15.5. The second kappa shape index (κ2) is 14.6. The van der Waals surface area contributed by atoms with Crippen LogP contribution in [0, 0.1) is 11.6 Å². The number of halogens is 3. The van der Waals surface area contributed by atoms with Gasteiger partial charge in [-0.1, -0.05) is 62.8 Å². The number of rotatable bonds is 15. The van der Waals surface area contributed by atoms with Crippen LogP contribution < -0.4 is 4.74 Å². The van der Waals surface area contributed by atoms with Crippen LogP contribution in [0.25, 0.3) is 5.57 Å². The van der Waals surface area contributed by atoms with Crippen LogP contribution in [0.3, 0.4) is 0 Å². The first kappa shape index (κ1) is 32.1. The molecule has 42 heavy (non-hydrogen) atoms. The maximum atomic E-state index is 15.8. The number of benzene rings is 2. The summed E-state index contributed by atoms with van der Waals surface area (Å²) in [7, 11) is 1.41. The van der Waals surface area contributed by atoms with Gasteiger partial charge in [-0.15, -0.1) is 0 Å². The summed E-state index contributed by atoms with van der Waals surface area (Å²) in [5.74, 6) is -1.27. The quantitative estimate of drug-likeness (QED) is 0.155. The number of ether oxygens (including phenoxy) is 2. The van der Waals surface area contributed by atoms with Crippen molar-refractivity contribution < 1.29 is 27.4 Å². The van der Waals surface area contributed by atoms with E-state index in [1.54, 1.807) is 0 Å². The van der Waals surface area contributed by atoms with E-state index >= 15 is 8.78 Å². The highest BCUT2D eigenvalue weighted by Gasteiger charge is 2.42. The lowest BCUT2D eigenvalue weighted by molar-refractivity contribution is -0.140. The third-order valence-electron chi connectivity index (χ3n) is 8.49. The zero-order valence-electron chi connectivity index (χ0n) is 25.6. The van der Waals surface area contributed by atoms with Crippen LogP contribution in [-0.4, -0.2) is 42.8 Å². The van der Waals surface area contributed by atoms with Crippen LogP contribution >= 0.6 is 0 Å². The maximum Gasteiger partial charge on any atom is 0.305 e. The minimum atomic E-state index is -1.52. The molecule has 1 heterocycles. The highest BCUT2D eigenvalue weighted by atomic mass is 19.1. The van der Waals surface area contributed by atoms with Gasteiger partial charge in [0.2, 0.25) is 0 Å². The van der Waals surface area contributed by atoms with Crippen LogP contribution in [-0.2, 0) is 16.0 Å². The minimum absolute atomic E-state index is 0.0231. The van der Waals surface area contributed by atoms with Gasteiger partial charge in [0.25, 0.3) is 0 Å². The molecule has 0 spiro atoms. The minimum Gasteiger partial charge on any atom is -0.493 e. The van der Waals surface area contributed by atoms with Crippen LogP contribution in [0.15, 0.2) is 42.0 Å². The van der Waals surface area contributed by atoms with Crippen LogP contribution in [0.1, 0.15) is 108 Å². The third-order valence-corrected chi connectivity index (χ3v) is 8.49. The van der Waals surface area contributed by atoms with Gasteiger partial charge in [-0.3, -0.25) is 9.69 Å². The van der Waals surface area contributed by atoms with E-state index in [-0.39, 0.29) is 29.9 Å². The van der Waals surface area contributed by atoms with E-state index < -0.39 is 23.3 Å². The molecule has 0 saturated carbocycles. The Labute approximate surface area is 249 Å². The molecule has 0 aromatic heterocycles. The molecule has 0 N–H and O–H groups in total. The van der Waals surface area contributed by atoms with Gasteiger partial charge in [0.1, 0.15) is 23.1 Å². The van der Waals surface area contributed by atoms with Crippen molar-refractivity contribution in [2.75, 3.05) is 20.3 Å². The predicted octanol–water partition coefficient (Wildman–Crippen LogP) is 8.92. The Balaban J connectivity index is 1.36. The molecule has 0 amide bonds. The molecule has 2 aliphatic rings. The number of esters is 1. The lowest BCUT2D eigenvalue weighted by Crippen LogP contribution is -2.47. The summed E-state index contributed by atoms with van der Waals surface area (Å²) in [5, 5.41) is 0. The Morgan fingerprint density at radius 1 is 0.976 bits per heavy atom. The Kier molecular flexibility index (Phi) is 11.2. The van der Waals surface area contributed by atoms with Crippen LogP contribution in [0.2, 0.25) is 0 Å². The number of methoxy groups -OCH3 is 1. The number of unbranched alkanes of at least 4 members (excludes halogenated alkanes) is 7. The largest absolute Gasteiger partial charge is 0.493 e. The molecule has 230 valence electrons. The van der Waals surface area contributed by atoms with Crippen molar-refractivity contribution in [1.29, 1.82) is 0 Å². The van der Waals surface area contributed by atoms with Gasteiger partial charge >= 0.3 is 5.97 Å². The van der Waals surface area contributed by atoms with E-state index in [0.29, 0.717) is 19.4 Å². The maximum absolute atomic E-state index is 15.8. The number of hydrogen-bond acceptors (Lipinski definition) is 4. The standard InChI is InChI=1S/C35H46F3NO3/c1-24-19-28-27-16-13-12-15-25(27)20-29(28)34(39(24)23-35(2,3)38)33-30(36)21-26(22-31(33)37)42-18-14-10-8-6-5-7-9-11-17-32(40)41-4/h12-13,15-16,21-22,24,34H,5-11,14,17-20,23H2,1-4H3/t24-,34+/m1/s1. The molecular formula is C35H46F3NO3. The summed E-state index contributed by atoms with van der Waals surface area (Å²) in [4.78, 5) is 13.1. The molecule has 2 atom stereocenters. The number of carbonyl (C=O) groups excluding carboxylic acids is 1. The molecular weight excluding hydrogens is 539 g/mol. The van der Waals surface area contributed by atoms with Crippen LogP contribution in [0.4, 0.5) is 13.2 Å². The molecule has 1 aliphatic carbocycles. The number of nitrogens with zero attached hydrogens (tertiary/aromatic N) is 1. The summed E-state index contributed by atoms with van der Waals surface area (Å²) in [6.07, 6.45) is 9.91. The van der Waals surface area contributed by atoms with Crippen molar-refractivity contribution in [2.45, 2.75) is 109 Å². The van der Waals surface area contributed by atoms with E-state index in [1.165, 1.54) is 33.1 Å². The zero-order chi connectivity index (χ0) is 30.3. The second-order valence-electron chi connectivity index (χ2n) is 12.5. The summed E-state index contributed by atoms with van der Waals surface area (Å²) >= 11 is 0. The molecule has 0 bridgehead atoms. The summed E-state index contributed by atoms with van der Waals surface area (Å²) in [5.41, 5.74) is 2.86. The van der Waals surface area contributed by atoms with E-state index in [9.17, 15) is 9.18 Å². The zero-order valence-corrected chi connectivity index (χ0v) is 25.6. The highest BCUT2D eigenvalue weighted by Crippen LogP contribution is 2.50. The van der Waals surface area contributed by atoms with Gasteiger partial charge < -0.3 is 9.47 Å². The van der Waals surface area contributed by atoms with Crippen molar-refractivity contribution in [2.24, 2.45) is 0 Å². The fourth-order valence-corrected chi connectivity index (χ4v) is 6.47. The van der Waals surface area contributed by atoms with Crippen molar-refractivity contribution in [3.05, 3.63) is 70.3 Å². The fourth-order valence-electron chi connectivity index (χ4n) is 6.47. The van der Waals surface area contributed by atoms with E-state index in [0.717, 1.165) is 80.1 Å². The number of alkyl halides is 1. The summed E-state index contributed by atoms with van der Waals surface area (Å²) in [6.45, 7) is 5.52. The third kappa shape index (κ3) is 8.18. The van der Waals surface area contributed by atoms with E-state index in [2.05, 4.69) is 16.9 Å². The summed E-state index contributed by atoms with van der Waals surface area (Å²) < 4.78 is 57.0. The molecule has 4 nitrogen and oxygen atoms in total. The Hall–Kier alpha value is -2.80. The lowest BCUT2D eigenvalue weighted by Gasteiger charge is -2.44. The van der Waals surface area contributed by atoms with Crippen LogP contribution in [0.5, 0.6) is 5.75 Å². The SMILES string of the molecule is COC(=O)CCCCCCCCCCOc1cc(F)c([C@@H]2C3=C(C[C@@H](C)N2CC(C)(C)F)c2ccccc2C3)c(F)c1. The van der Waals surface area contributed by atoms with Crippen molar-refractivity contribution in [3.8, 4) is 5.75 Å². The predicted molar refractivity (Wildman–Crippen MR) is 161 cm³/mol. The Bertz CT molecular complexity index is 1230. The monoisotopic (exact) mass is 585 g/mol. The average molecular weight is 586 g/mol. The molecule has 2 aromatic carbocycles. The molecule has 0 fully saturated rings. The molecule has 2 aromatic rings. The molecule has 0 saturated heterocycles. The first-order chi connectivity index (χ1) is 20.1. The topological polar surface area (TPSA) is 38.8 Å². The van der Waals surface area contributed by atoms with Crippen molar-refractivity contribution >= 4 is 11.5 Å². The number of hydrogen-bond donors (Lipinski definition) is 0. The molecule has 0 radical (unpaired) electrons. The fraction of sp³-hybridized carbons (Fsp3) is 0.571. The van der Waals surface area contributed by atoms with Gasteiger partial charge in [0, 0.05) is 36.7 Å². The van der Waals surface area contributed by atoms with Gasteiger partial charge in [-0.05, 0) is 68.7 Å². The molecule has 7 heteroatoms. The van der Waals surface area contributed by atoms with Crippen molar-refractivity contribution in [3.63, 3.8) is 0 Å². The smallest absolute Gasteiger partial charge is 0.305 e. The highest BCUT2D eigenvalue weighted by molar-refractivity contribution is 5.79. The lowest BCUT2D eigenvalue weighted by atomic mass is 9.84. The van der Waals surface area contributed by atoms with Crippen molar-refractivity contribution in [1.82, 2.24) is 4.90 Å². The number of fused-ring (bicyclic) bond motifs is 2. The van der Waals surface area contributed by atoms with Gasteiger partial charge in [0.15, 0.2) is 0 Å². The Morgan fingerprint density at radius 2 is 1.60 bits per heavy atom. The summed E-state index contributed by atoms with van der Waals surface area (Å²) in [6, 6.07) is 9.94. The molecule has 4 rings (SSSR count). The molecule has 1 aliphatic heterocycles. The van der Waals surface area contributed by atoms with Gasteiger partial charge in [-0.2, -0.15) is 0 Å².